The van der Waals surface area contributed by atoms with Gasteiger partial charge >= 0.3 is 0 Å². The van der Waals surface area contributed by atoms with Gasteiger partial charge in [0.25, 0.3) is 5.91 Å². The number of aryl methyl sites for hydroxylation is 1. The van der Waals surface area contributed by atoms with Gasteiger partial charge in [0.2, 0.25) is 0 Å². The number of aromatic amines is 1. The van der Waals surface area contributed by atoms with Gasteiger partial charge in [0, 0.05) is 35.7 Å². The fourth-order valence-electron chi connectivity index (χ4n) is 4.98. The second-order valence-corrected chi connectivity index (χ2v) is 9.74. The van der Waals surface area contributed by atoms with Gasteiger partial charge in [-0.25, -0.2) is 0 Å². The topological polar surface area (TPSA) is 119 Å². The molecular weight excluding hydrogens is 482 g/mol. The number of aromatic nitrogens is 5. The molecule has 0 unspecified atom stereocenters. The number of amides is 1. The van der Waals surface area contributed by atoms with Crippen molar-refractivity contribution in [1.82, 2.24) is 35.6 Å². The van der Waals surface area contributed by atoms with Crippen molar-refractivity contribution in [3.63, 3.8) is 0 Å². The van der Waals surface area contributed by atoms with Crippen molar-refractivity contribution in [3.05, 3.63) is 59.2 Å². The lowest BCUT2D eigenvalue weighted by Crippen LogP contribution is -2.35. The Morgan fingerprint density at radius 2 is 2.05 bits per heavy atom. The highest BCUT2D eigenvalue weighted by Gasteiger charge is 2.17. The fraction of sp³-hybridized carbons (Fsp3) is 0.357. The number of carbonyl (C=O) groups excluding carboxylic acids is 1. The summed E-state index contributed by atoms with van der Waals surface area (Å²) in [4.78, 5) is 17.6. The lowest BCUT2D eigenvalue weighted by Gasteiger charge is -2.22. The van der Waals surface area contributed by atoms with Crippen molar-refractivity contribution in [2.24, 2.45) is 13.0 Å². The first-order valence-corrected chi connectivity index (χ1v) is 13.0. The Bertz CT molecular complexity index is 1480. The zero-order valence-electron chi connectivity index (χ0n) is 21.4. The number of nitrogens with zero attached hydrogens (tertiary/aromatic N) is 4. The molecule has 38 heavy (non-hydrogen) atoms. The highest BCUT2D eigenvalue weighted by molar-refractivity contribution is 5.96. The van der Waals surface area contributed by atoms with Crippen LogP contribution in [0.5, 0.6) is 5.75 Å². The summed E-state index contributed by atoms with van der Waals surface area (Å²) in [5, 5.41) is 19.4. The summed E-state index contributed by atoms with van der Waals surface area (Å²) in [5.41, 5.74) is 5.67. The summed E-state index contributed by atoms with van der Waals surface area (Å²) in [6.45, 7) is 3.86. The molecule has 196 valence electrons. The number of carbonyl (C=O) groups is 1. The average Bonchev–Trinajstić information content (AvgIpc) is 3.53. The first kappa shape index (κ1) is 24.3. The van der Waals surface area contributed by atoms with E-state index in [-0.39, 0.29) is 5.91 Å². The number of rotatable bonds is 3. The van der Waals surface area contributed by atoms with E-state index in [0.29, 0.717) is 43.6 Å². The normalized spacial score (nSPS) is 17.2. The van der Waals surface area contributed by atoms with Crippen molar-refractivity contribution in [2.45, 2.75) is 19.4 Å². The maximum absolute atomic E-state index is 13.0. The Morgan fingerprint density at radius 1 is 1.16 bits per heavy atom. The number of H-pyrrole nitrogens is 1. The molecular formula is C28H31N7O3. The standard InChI is InChI=1S/C28H31N7O3/c1-35-26-17-37-10-11-38-27-5-3-20(28(36)31-14-18-6-8-29-9-7-18)12-19(27)2-4-23-21-13-24(22(26)15-32-35)30-16-25(21)34-33-23/h2-5,12-13,15-16,18,29H,6-11,14,17H2,1H3,(H,31,36)(H,33,34)/b4-2+. The molecule has 0 saturated carbocycles. The van der Waals surface area contributed by atoms with Gasteiger partial charge in [0.05, 0.1) is 48.2 Å². The number of pyridine rings is 1. The minimum absolute atomic E-state index is 0.0775. The van der Waals surface area contributed by atoms with Crippen LogP contribution in [0.4, 0.5) is 0 Å². The number of hydrogen-bond acceptors (Lipinski definition) is 7. The van der Waals surface area contributed by atoms with E-state index in [1.54, 1.807) is 6.20 Å². The maximum atomic E-state index is 13.0. The Kier molecular flexibility index (Phi) is 6.89. The summed E-state index contributed by atoms with van der Waals surface area (Å²) in [6, 6.07) is 7.54. The number of hydrogen-bond donors (Lipinski definition) is 3. The van der Waals surface area contributed by atoms with Crippen LogP contribution < -0.4 is 15.4 Å². The van der Waals surface area contributed by atoms with E-state index >= 15 is 0 Å². The zero-order valence-corrected chi connectivity index (χ0v) is 21.4. The molecule has 0 spiro atoms. The lowest BCUT2D eigenvalue weighted by atomic mass is 9.98. The minimum Gasteiger partial charge on any atom is -0.491 e. The molecule has 10 heteroatoms. The third-order valence-corrected chi connectivity index (χ3v) is 7.24. The van der Waals surface area contributed by atoms with Crippen LogP contribution in [0.15, 0.2) is 36.7 Å². The van der Waals surface area contributed by atoms with E-state index in [9.17, 15) is 4.79 Å². The molecule has 2 bridgehead atoms. The highest BCUT2D eigenvalue weighted by Crippen LogP contribution is 2.28. The van der Waals surface area contributed by atoms with Gasteiger partial charge in [-0.3, -0.25) is 19.6 Å². The second kappa shape index (κ2) is 10.8. The number of ether oxygens (including phenoxy) is 2. The number of piperidine rings is 1. The molecule has 6 rings (SSSR count). The van der Waals surface area contributed by atoms with E-state index in [2.05, 4.69) is 30.9 Å². The van der Waals surface area contributed by atoms with E-state index in [1.807, 2.05) is 54.3 Å². The highest BCUT2D eigenvalue weighted by atomic mass is 16.5. The summed E-state index contributed by atoms with van der Waals surface area (Å²) in [6.07, 6.45) is 9.63. The molecule has 3 N–H and O–H groups in total. The molecule has 1 saturated heterocycles. The summed E-state index contributed by atoms with van der Waals surface area (Å²) < 4.78 is 13.8. The van der Waals surface area contributed by atoms with Crippen molar-refractivity contribution in [3.8, 4) is 17.0 Å². The van der Waals surface area contributed by atoms with E-state index in [1.165, 1.54) is 0 Å². The summed E-state index contributed by atoms with van der Waals surface area (Å²) >= 11 is 0. The monoisotopic (exact) mass is 513 g/mol. The van der Waals surface area contributed by atoms with E-state index in [0.717, 1.165) is 65.0 Å². The van der Waals surface area contributed by atoms with Crippen LogP contribution in [0.1, 0.15) is 40.2 Å². The Morgan fingerprint density at radius 3 is 2.95 bits per heavy atom. The first-order valence-electron chi connectivity index (χ1n) is 13.0. The third kappa shape index (κ3) is 5.05. The Balaban J connectivity index is 1.31. The quantitative estimate of drug-likeness (QED) is 0.385. The summed E-state index contributed by atoms with van der Waals surface area (Å²) in [5.74, 6) is 1.11. The van der Waals surface area contributed by atoms with Crippen molar-refractivity contribution in [2.75, 3.05) is 32.8 Å². The van der Waals surface area contributed by atoms with Gasteiger partial charge < -0.3 is 20.1 Å². The number of nitrogens with one attached hydrogen (secondary N) is 3. The molecule has 5 heterocycles. The molecule has 1 aromatic carbocycles. The second-order valence-electron chi connectivity index (χ2n) is 9.74. The van der Waals surface area contributed by atoms with Crippen molar-refractivity contribution in [1.29, 1.82) is 0 Å². The average molecular weight is 514 g/mol. The maximum Gasteiger partial charge on any atom is 0.251 e. The predicted molar refractivity (Wildman–Crippen MR) is 145 cm³/mol. The Hall–Kier alpha value is -4.02. The predicted octanol–water partition coefficient (Wildman–Crippen LogP) is 3.17. The van der Waals surface area contributed by atoms with Crippen molar-refractivity contribution >= 4 is 29.0 Å². The Labute approximate surface area is 220 Å². The van der Waals surface area contributed by atoms with Gasteiger partial charge in [0.1, 0.15) is 12.4 Å². The molecule has 3 aromatic heterocycles. The SMILES string of the molecule is Cn1ncc2c1COCCOc1ccc(C(=O)NCC3CCNCC3)cc1/C=C/c1n[nH]c3cnc-2cc13. The van der Waals surface area contributed by atoms with Crippen LogP contribution in [0.2, 0.25) is 0 Å². The minimum atomic E-state index is -0.0775. The molecule has 0 aliphatic carbocycles. The van der Waals surface area contributed by atoms with Crippen LogP contribution in [-0.2, 0) is 18.4 Å². The molecule has 10 nitrogen and oxygen atoms in total. The molecule has 0 atom stereocenters. The molecule has 1 fully saturated rings. The smallest absolute Gasteiger partial charge is 0.251 e. The molecule has 2 aliphatic heterocycles. The van der Waals surface area contributed by atoms with Gasteiger partial charge in [-0.1, -0.05) is 0 Å². The number of benzene rings is 1. The van der Waals surface area contributed by atoms with Crippen molar-refractivity contribution < 1.29 is 14.3 Å². The van der Waals surface area contributed by atoms with Gasteiger partial charge in [-0.15, -0.1) is 0 Å². The largest absolute Gasteiger partial charge is 0.491 e. The first-order chi connectivity index (χ1) is 18.7. The van der Waals surface area contributed by atoms with Crippen LogP contribution in [-0.4, -0.2) is 63.7 Å². The molecule has 2 aliphatic rings. The van der Waals surface area contributed by atoms with Crippen LogP contribution in [0, 0.1) is 5.92 Å². The van der Waals surface area contributed by atoms with E-state index < -0.39 is 0 Å². The summed E-state index contributed by atoms with van der Waals surface area (Å²) in [7, 11) is 1.90. The molecule has 4 aromatic rings. The third-order valence-electron chi connectivity index (χ3n) is 7.24. The van der Waals surface area contributed by atoms with E-state index in [4.69, 9.17) is 9.47 Å². The lowest BCUT2D eigenvalue weighted by molar-refractivity contribution is 0.0852. The van der Waals surface area contributed by atoms with Crippen LogP contribution >= 0.6 is 0 Å². The van der Waals surface area contributed by atoms with Gasteiger partial charge in [-0.05, 0) is 68.3 Å². The van der Waals surface area contributed by atoms with Gasteiger partial charge in [-0.2, -0.15) is 10.2 Å². The zero-order chi connectivity index (χ0) is 25.9. The van der Waals surface area contributed by atoms with Gasteiger partial charge in [0.15, 0.2) is 0 Å². The molecule has 0 radical (unpaired) electrons. The molecule has 1 amide bonds. The van der Waals surface area contributed by atoms with Crippen LogP contribution in [0.25, 0.3) is 34.3 Å². The number of fused-ring (bicyclic) bond motifs is 4. The van der Waals surface area contributed by atoms with Crippen LogP contribution in [0.3, 0.4) is 0 Å². The fourth-order valence-corrected chi connectivity index (χ4v) is 4.98.